The smallest absolute Gasteiger partial charge is 0.323 e. The van der Waals surface area contributed by atoms with E-state index in [4.69, 9.17) is 9.63 Å². The van der Waals surface area contributed by atoms with E-state index < -0.39 is 11.5 Å². The summed E-state index contributed by atoms with van der Waals surface area (Å²) in [7, 11) is 0. The summed E-state index contributed by atoms with van der Waals surface area (Å²) < 4.78 is 5.10. The Bertz CT molecular complexity index is 424. The number of hydrogen-bond donors (Lipinski definition) is 2. The first-order valence-electron chi connectivity index (χ1n) is 6.32. The van der Waals surface area contributed by atoms with E-state index in [0.717, 1.165) is 12.8 Å². The molecule has 1 aliphatic carbocycles. The number of aromatic nitrogens is 2. The second-order valence-corrected chi connectivity index (χ2v) is 5.30. The van der Waals surface area contributed by atoms with Gasteiger partial charge in [0.2, 0.25) is 5.89 Å². The average molecular weight is 253 g/mol. The summed E-state index contributed by atoms with van der Waals surface area (Å²) in [4.78, 5) is 15.4. The fraction of sp³-hybridized carbons (Fsp3) is 0.750. The van der Waals surface area contributed by atoms with Crippen LogP contribution in [0.25, 0.3) is 0 Å². The predicted octanol–water partition coefficient (Wildman–Crippen LogP) is 1.36. The Labute approximate surface area is 106 Å². The average Bonchev–Trinajstić information content (AvgIpc) is 2.62. The molecule has 1 aliphatic rings. The highest BCUT2D eigenvalue weighted by atomic mass is 16.5. The fourth-order valence-electron chi connectivity index (χ4n) is 2.04. The highest BCUT2D eigenvalue weighted by molar-refractivity contribution is 5.79. The third-order valence-electron chi connectivity index (χ3n) is 3.29. The third kappa shape index (κ3) is 2.69. The van der Waals surface area contributed by atoms with Gasteiger partial charge in [0.05, 0.1) is 6.54 Å². The summed E-state index contributed by atoms with van der Waals surface area (Å²) in [5, 5.41) is 16.0. The maximum Gasteiger partial charge on any atom is 0.323 e. The van der Waals surface area contributed by atoms with Gasteiger partial charge in [0.1, 0.15) is 5.54 Å². The zero-order chi connectivity index (χ0) is 13.2. The van der Waals surface area contributed by atoms with Crippen molar-refractivity contribution in [2.45, 2.75) is 51.6 Å². The first kappa shape index (κ1) is 13.0. The molecule has 0 bridgehead atoms. The molecule has 18 heavy (non-hydrogen) atoms. The van der Waals surface area contributed by atoms with Gasteiger partial charge < -0.3 is 9.63 Å². The molecule has 0 amide bonds. The molecule has 1 saturated carbocycles. The van der Waals surface area contributed by atoms with Crippen molar-refractivity contribution >= 4 is 5.97 Å². The van der Waals surface area contributed by atoms with Crippen molar-refractivity contribution in [1.82, 2.24) is 15.5 Å². The highest BCUT2D eigenvalue weighted by Crippen LogP contribution is 2.32. The van der Waals surface area contributed by atoms with Crippen molar-refractivity contribution in [2.75, 3.05) is 0 Å². The Morgan fingerprint density at radius 1 is 1.56 bits per heavy atom. The van der Waals surface area contributed by atoms with E-state index in [1.54, 1.807) is 0 Å². The molecule has 0 saturated heterocycles. The Balaban J connectivity index is 1.90. The van der Waals surface area contributed by atoms with Gasteiger partial charge in [-0.3, -0.25) is 10.1 Å². The van der Waals surface area contributed by atoms with Crippen molar-refractivity contribution in [1.29, 1.82) is 0 Å². The molecule has 100 valence electrons. The van der Waals surface area contributed by atoms with Crippen LogP contribution in [0, 0.1) is 5.92 Å². The Morgan fingerprint density at radius 2 is 2.28 bits per heavy atom. The topological polar surface area (TPSA) is 88.2 Å². The molecule has 0 atom stereocenters. The minimum atomic E-state index is -0.792. The van der Waals surface area contributed by atoms with Crippen LogP contribution in [0.15, 0.2) is 4.52 Å². The minimum absolute atomic E-state index is 0.341. The lowest BCUT2D eigenvalue weighted by atomic mass is 9.77. The first-order chi connectivity index (χ1) is 8.52. The van der Waals surface area contributed by atoms with Crippen molar-refractivity contribution in [3.8, 4) is 0 Å². The molecule has 0 aliphatic heterocycles. The molecule has 0 radical (unpaired) electrons. The van der Waals surface area contributed by atoms with Crippen molar-refractivity contribution < 1.29 is 14.4 Å². The third-order valence-corrected chi connectivity index (χ3v) is 3.29. The summed E-state index contributed by atoms with van der Waals surface area (Å²) in [6.45, 7) is 4.50. The molecule has 2 rings (SSSR count). The summed E-state index contributed by atoms with van der Waals surface area (Å²) in [6.07, 6.45) is 3.03. The van der Waals surface area contributed by atoms with E-state index in [9.17, 15) is 4.79 Å². The van der Waals surface area contributed by atoms with E-state index in [0.29, 0.717) is 37.0 Å². The van der Waals surface area contributed by atoms with E-state index in [2.05, 4.69) is 29.3 Å². The van der Waals surface area contributed by atoms with Crippen LogP contribution in [-0.2, 0) is 17.8 Å². The van der Waals surface area contributed by atoms with Crippen LogP contribution in [0.1, 0.15) is 44.8 Å². The van der Waals surface area contributed by atoms with E-state index in [1.807, 2.05) is 0 Å². The lowest BCUT2D eigenvalue weighted by Crippen LogP contribution is -2.56. The largest absolute Gasteiger partial charge is 0.480 e. The monoisotopic (exact) mass is 253 g/mol. The van der Waals surface area contributed by atoms with Gasteiger partial charge in [0.15, 0.2) is 5.82 Å². The molecule has 0 unspecified atom stereocenters. The second kappa shape index (κ2) is 5.06. The Kier molecular flexibility index (Phi) is 3.65. The maximum atomic E-state index is 11.1. The van der Waals surface area contributed by atoms with Crippen LogP contribution in [0.3, 0.4) is 0 Å². The molecular weight excluding hydrogens is 234 g/mol. The van der Waals surface area contributed by atoms with Crippen molar-refractivity contribution in [3.05, 3.63) is 11.7 Å². The normalized spacial score (nSPS) is 17.7. The lowest BCUT2D eigenvalue weighted by Gasteiger charge is -2.38. The number of nitrogens with zero attached hydrogens (tertiary/aromatic N) is 2. The van der Waals surface area contributed by atoms with Gasteiger partial charge in [0, 0.05) is 6.42 Å². The van der Waals surface area contributed by atoms with Gasteiger partial charge in [-0.2, -0.15) is 4.98 Å². The molecule has 6 heteroatoms. The second-order valence-electron chi connectivity index (χ2n) is 5.30. The molecule has 1 aromatic heterocycles. The van der Waals surface area contributed by atoms with Crippen LogP contribution in [0.5, 0.6) is 0 Å². The maximum absolute atomic E-state index is 11.1. The number of carboxylic acid groups (broad SMARTS) is 1. The molecule has 6 nitrogen and oxygen atoms in total. The van der Waals surface area contributed by atoms with Crippen molar-refractivity contribution in [2.24, 2.45) is 5.92 Å². The van der Waals surface area contributed by atoms with Gasteiger partial charge in [-0.1, -0.05) is 19.0 Å². The molecule has 1 aromatic rings. The number of rotatable bonds is 6. The van der Waals surface area contributed by atoms with E-state index >= 15 is 0 Å². The van der Waals surface area contributed by atoms with Gasteiger partial charge in [-0.25, -0.2) is 0 Å². The number of carbonyl (C=O) groups is 1. The molecule has 0 aromatic carbocycles. The Hall–Kier alpha value is -1.43. The molecule has 1 fully saturated rings. The number of hydrogen-bond acceptors (Lipinski definition) is 5. The highest BCUT2D eigenvalue weighted by Gasteiger charge is 2.44. The first-order valence-corrected chi connectivity index (χ1v) is 6.32. The SMILES string of the molecule is CC(C)Cc1nc(CNC2(C(=O)O)CCC2)no1. The van der Waals surface area contributed by atoms with Gasteiger partial charge in [-0.15, -0.1) is 0 Å². The van der Waals surface area contributed by atoms with E-state index in [1.165, 1.54) is 0 Å². The number of nitrogens with one attached hydrogen (secondary N) is 1. The minimum Gasteiger partial charge on any atom is -0.480 e. The molecule has 1 heterocycles. The predicted molar refractivity (Wildman–Crippen MR) is 63.9 cm³/mol. The molecule has 0 spiro atoms. The standard InChI is InChI=1S/C12H19N3O3/c1-8(2)6-10-14-9(15-18-10)7-13-12(11(16)17)4-3-5-12/h8,13H,3-7H2,1-2H3,(H,16,17). The summed E-state index contributed by atoms with van der Waals surface area (Å²) in [5.41, 5.74) is -0.779. The van der Waals surface area contributed by atoms with Gasteiger partial charge in [-0.05, 0) is 25.2 Å². The number of carboxylic acids is 1. The van der Waals surface area contributed by atoms with Crippen molar-refractivity contribution in [3.63, 3.8) is 0 Å². The lowest BCUT2D eigenvalue weighted by molar-refractivity contribution is -0.148. The van der Waals surface area contributed by atoms with Crippen LogP contribution < -0.4 is 5.32 Å². The zero-order valence-corrected chi connectivity index (χ0v) is 10.8. The van der Waals surface area contributed by atoms with E-state index in [-0.39, 0.29) is 0 Å². The summed E-state index contributed by atoms with van der Waals surface area (Å²) in [5.74, 6) is 0.806. The number of aliphatic carboxylic acids is 1. The summed E-state index contributed by atoms with van der Waals surface area (Å²) >= 11 is 0. The van der Waals surface area contributed by atoms with Gasteiger partial charge >= 0.3 is 5.97 Å². The van der Waals surface area contributed by atoms with Crippen LogP contribution in [0.4, 0.5) is 0 Å². The quantitative estimate of drug-likeness (QED) is 0.796. The molecule has 2 N–H and O–H groups in total. The zero-order valence-electron chi connectivity index (χ0n) is 10.8. The fourth-order valence-corrected chi connectivity index (χ4v) is 2.04. The van der Waals surface area contributed by atoms with Crippen LogP contribution in [-0.4, -0.2) is 26.8 Å². The van der Waals surface area contributed by atoms with Gasteiger partial charge in [0.25, 0.3) is 0 Å². The Morgan fingerprint density at radius 3 is 2.78 bits per heavy atom. The van der Waals surface area contributed by atoms with Crippen LogP contribution in [0.2, 0.25) is 0 Å². The van der Waals surface area contributed by atoms with Crippen LogP contribution >= 0.6 is 0 Å². The summed E-state index contributed by atoms with van der Waals surface area (Å²) in [6, 6.07) is 0. The molecular formula is C12H19N3O3.